The molecule has 1 aliphatic rings. The van der Waals surface area contributed by atoms with Crippen molar-refractivity contribution >= 4 is 11.8 Å². The van der Waals surface area contributed by atoms with E-state index < -0.39 is 5.60 Å². The number of hydrogen-bond acceptors (Lipinski definition) is 3. The van der Waals surface area contributed by atoms with Crippen LogP contribution in [0.5, 0.6) is 0 Å². The van der Waals surface area contributed by atoms with Gasteiger partial charge in [-0.2, -0.15) is 0 Å². The number of rotatable bonds is 1. The maximum absolute atomic E-state index is 12.4. The zero-order valence-corrected chi connectivity index (χ0v) is 12.6. The zero-order valence-electron chi connectivity index (χ0n) is 12.6. The molecule has 0 aliphatic carbocycles. The van der Waals surface area contributed by atoms with Crippen LogP contribution in [0.4, 0.5) is 10.5 Å². The summed E-state index contributed by atoms with van der Waals surface area (Å²) in [5, 5.41) is 0. The van der Waals surface area contributed by atoms with Crippen molar-refractivity contribution in [3.63, 3.8) is 0 Å². The van der Waals surface area contributed by atoms with Crippen LogP contribution >= 0.6 is 0 Å². The van der Waals surface area contributed by atoms with Gasteiger partial charge in [0.1, 0.15) is 5.60 Å². The number of carbonyl (C=O) groups excluding carboxylic acids is 1. The number of ether oxygens (including phenoxy) is 1. The van der Waals surface area contributed by atoms with E-state index >= 15 is 0 Å². The Kier molecular flexibility index (Phi) is 4.21. The van der Waals surface area contributed by atoms with Crippen LogP contribution in [0.15, 0.2) is 24.3 Å². The maximum Gasteiger partial charge on any atom is 0.410 e. The summed E-state index contributed by atoms with van der Waals surface area (Å²) in [7, 11) is 0. The van der Waals surface area contributed by atoms with E-state index in [2.05, 4.69) is 0 Å². The Hall–Kier alpha value is -1.71. The van der Waals surface area contributed by atoms with Crippen molar-refractivity contribution in [1.29, 1.82) is 0 Å². The normalized spacial score (nSPS) is 19.8. The van der Waals surface area contributed by atoms with E-state index in [1.165, 1.54) is 0 Å². The molecule has 1 fully saturated rings. The molecule has 1 unspecified atom stereocenters. The molecule has 2 N–H and O–H groups in total. The summed E-state index contributed by atoms with van der Waals surface area (Å²) in [6.07, 6.45) is 2.88. The quantitative estimate of drug-likeness (QED) is 0.795. The lowest BCUT2D eigenvalue weighted by molar-refractivity contribution is 0.00952. The van der Waals surface area contributed by atoms with Crippen LogP contribution in [0, 0.1) is 0 Å². The van der Waals surface area contributed by atoms with Gasteiger partial charge in [-0.1, -0.05) is 12.1 Å². The van der Waals surface area contributed by atoms with Crippen molar-refractivity contribution in [3.8, 4) is 0 Å². The van der Waals surface area contributed by atoms with Crippen molar-refractivity contribution in [2.24, 2.45) is 0 Å². The molecule has 0 spiro atoms. The van der Waals surface area contributed by atoms with E-state index in [1.54, 1.807) is 0 Å². The van der Waals surface area contributed by atoms with E-state index in [4.69, 9.17) is 10.5 Å². The minimum absolute atomic E-state index is 0.0714. The van der Waals surface area contributed by atoms with Gasteiger partial charge < -0.3 is 15.4 Å². The number of benzene rings is 1. The van der Waals surface area contributed by atoms with Gasteiger partial charge in [-0.05, 0) is 57.7 Å². The van der Waals surface area contributed by atoms with Gasteiger partial charge in [0.2, 0.25) is 0 Å². The highest BCUT2D eigenvalue weighted by molar-refractivity contribution is 5.69. The van der Waals surface area contributed by atoms with Crippen molar-refractivity contribution in [2.75, 3.05) is 12.3 Å². The number of piperidine rings is 1. The highest BCUT2D eigenvalue weighted by atomic mass is 16.6. The SMILES string of the molecule is CC(C)(C)OC(=O)N1CCCCC1c1cccc(N)c1. The molecule has 0 aromatic heterocycles. The maximum atomic E-state index is 12.4. The second-order valence-corrected chi connectivity index (χ2v) is 6.36. The van der Waals surface area contributed by atoms with Gasteiger partial charge in [-0.15, -0.1) is 0 Å². The van der Waals surface area contributed by atoms with Gasteiger partial charge in [0.05, 0.1) is 6.04 Å². The lowest BCUT2D eigenvalue weighted by atomic mass is 9.95. The second-order valence-electron chi connectivity index (χ2n) is 6.36. The lowest BCUT2D eigenvalue weighted by Crippen LogP contribution is -2.41. The first kappa shape index (κ1) is 14.7. The summed E-state index contributed by atoms with van der Waals surface area (Å²) in [6.45, 7) is 6.42. The highest BCUT2D eigenvalue weighted by Crippen LogP contribution is 2.32. The molecule has 2 rings (SSSR count). The largest absolute Gasteiger partial charge is 0.444 e. The molecule has 0 radical (unpaired) electrons. The van der Waals surface area contributed by atoms with Crippen molar-refractivity contribution in [1.82, 2.24) is 4.90 Å². The molecule has 1 saturated heterocycles. The fourth-order valence-electron chi connectivity index (χ4n) is 2.58. The van der Waals surface area contributed by atoms with Crippen molar-refractivity contribution in [3.05, 3.63) is 29.8 Å². The topological polar surface area (TPSA) is 55.6 Å². The second kappa shape index (κ2) is 5.73. The molecule has 1 amide bonds. The van der Waals surface area contributed by atoms with Crippen LogP contribution in [0.2, 0.25) is 0 Å². The lowest BCUT2D eigenvalue weighted by Gasteiger charge is -2.37. The molecule has 110 valence electrons. The summed E-state index contributed by atoms with van der Waals surface area (Å²) >= 11 is 0. The fourth-order valence-corrected chi connectivity index (χ4v) is 2.58. The Morgan fingerprint density at radius 3 is 2.75 bits per heavy atom. The van der Waals surface area contributed by atoms with E-state index in [0.717, 1.165) is 37.1 Å². The van der Waals surface area contributed by atoms with E-state index in [1.807, 2.05) is 49.9 Å². The van der Waals surface area contributed by atoms with Crippen LogP contribution in [0.1, 0.15) is 51.6 Å². The van der Waals surface area contributed by atoms with Crippen LogP contribution in [-0.2, 0) is 4.74 Å². The average molecular weight is 276 g/mol. The minimum atomic E-state index is -0.463. The number of likely N-dealkylation sites (tertiary alicyclic amines) is 1. The van der Waals surface area contributed by atoms with E-state index in [-0.39, 0.29) is 12.1 Å². The summed E-state index contributed by atoms with van der Waals surface area (Å²) in [5.74, 6) is 0. The Morgan fingerprint density at radius 2 is 2.10 bits per heavy atom. The summed E-state index contributed by atoms with van der Waals surface area (Å²) in [5.41, 5.74) is 7.22. The van der Waals surface area contributed by atoms with Gasteiger partial charge in [-0.3, -0.25) is 0 Å². The highest BCUT2D eigenvalue weighted by Gasteiger charge is 2.31. The average Bonchev–Trinajstić information content (AvgIpc) is 2.37. The molecule has 1 aliphatic heterocycles. The van der Waals surface area contributed by atoms with Crippen LogP contribution in [0.3, 0.4) is 0 Å². The van der Waals surface area contributed by atoms with Gasteiger partial charge in [-0.25, -0.2) is 4.79 Å². The molecular formula is C16H24N2O2. The molecule has 1 aromatic carbocycles. The molecular weight excluding hydrogens is 252 g/mol. The molecule has 0 bridgehead atoms. The van der Waals surface area contributed by atoms with Gasteiger partial charge in [0, 0.05) is 12.2 Å². The summed E-state index contributed by atoms with van der Waals surface area (Å²) in [4.78, 5) is 14.2. The number of amides is 1. The van der Waals surface area contributed by atoms with Crippen molar-refractivity contribution in [2.45, 2.75) is 51.7 Å². The summed E-state index contributed by atoms with van der Waals surface area (Å²) < 4.78 is 5.51. The smallest absolute Gasteiger partial charge is 0.410 e. The number of anilines is 1. The third kappa shape index (κ3) is 3.65. The first-order valence-electron chi connectivity index (χ1n) is 7.22. The molecule has 1 atom stereocenters. The Bertz CT molecular complexity index is 480. The Balaban J connectivity index is 2.19. The third-order valence-corrected chi connectivity index (χ3v) is 3.43. The molecule has 0 saturated carbocycles. The minimum Gasteiger partial charge on any atom is -0.444 e. The van der Waals surface area contributed by atoms with Gasteiger partial charge in [0.25, 0.3) is 0 Å². The van der Waals surface area contributed by atoms with Crippen LogP contribution in [-0.4, -0.2) is 23.1 Å². The van der Waals surface area contributed by atoms with Crippen molar-refractivity contribution < 1.29 is 9.53 Å². The monoisotopic (exact) mass is 276 g/mol. The van der Waals surface area contributed by atoms with Gasteiger partial charge in [0.15, 0.2) is 0 Å². The molecule has 20 heavy (non-hydrogen) atoms. The van der Waals surface area contributed by atoms with E-state index in [9.17, 15) is 4.79 Å². The predicted octanol–water partition coefficient (Wildman–Crippen LogP) is 3.73. The Labute approximate surface area is 120 Å². The number of nitrogens with zero attached hydrogens (tertiary/aromatic N) is 1. The third-order valence-electron chi connectivity index (χ3n) is 3.43. The number of carbonyl (C=O) groups is 1. The Morgan fingerprint density at radius 1 is 1.35 bits per heavy atom. The van der Waals surface area contributed by atoms with Crippen LogP contribution in [0.25, 0.3) is 0 Å². The summed E-state index contributed by atoms with van der Waals surface area (Å²) in [6, 6.07) is 7.86. The molecule has 4 heteroatoms. The first-order chi connectivity index (χ1) is 9.37. The fraction of sp³-hybridized carbons (Fsp3) is 0.562. The van der Waals surface area contributed by atoms with Gasteiger partial charge >= 0.3 is 6.09 Å². The van der Waals surface area contributed by atoms with E-state index in [0.29, 0.717) is 0 Å². The number of nitrogens with two attached hydrogens (primary N) is 1. The zero-order chi connectivity index (χ0) is 14.8. The number of hydrogen-bond donors (Lipinski definition) is 1. The standard InChI is InChI=1S/C16H24N2O2/c1-16(2,3)20-15(19)18-10-5-4-9-14(18)12-7-6-8-13(17)11-12/h6-8,11,14H,4-5,9-10,17H2,1-3H3. The molecule has 1 aromatic rings. The first-order valence-corrected chi connectivity index (χ1v) is 7.22. The van der Waals surface area contributed by atoms with Crippen LogP contribution < -0.4 is 5.73 Å². The predicted molar refractivity (Wildman–Crippen MR) is 80.4 cm³/mol. The number of nitrogen functional groups attached to an aromatic ring is 1. The molecule has 1 heterocycles. The molecule has 4 nitrogen and oxygen atoms in total.